The Hall–Kier alpha value is -0.490. The maximum atomic E-state index is 10.9. The van der Waals surface area contributed by atoms with E-state index in [-0.39, 0.29) is 11.5 Å². The summed E-state index contributed by atoms with van der Waals surface area (Å²) in [7, 11) is -3.05. The van der Waals surface area contributed by atoms with Crippen molar-refractivity contribution in [3.63, 3.8) is 0 Å². The molecule has 6 heteroatoms. The second kappa shape index (κ2) is 3.27. The monoisotopic (exact) mass is 191 g/mol. The Kier molecular flexibility index (Phi) is 2.56. The molecule has 1 aromatic heterocycles. The van der Waals surface area contributed by atoms with Gasteiger partial charge in [-0.2, -0.15) is 0 Å². The fourth-order valence-corrected chi connectivity index (χ4v) is 1.84. The number of hydrogen-bond acceptors (Lipinski definition) is 5. The average Bonchev–Trinajstić information content (AvgIpc) is 2.39. The summed E-state index contributed by atoms with van der Waals surface area (Å²) in [6, 6.07) is 0. The molecule has 1 aromatic rings. The molecule has 0 aromatic carbocycles. The smallest absolute Gasteiger partial charge is 0.156 e. The predicted octanol–water partition coefficient (Wildman–Crippen LogP) is 0.287. The summed E-state index contributed by atoms with van der Waals surface area (Å²) in [5.41, 5.74) is 0.499. The van der Waals surface area contributed by atoms with Crippen LogP contribution in [0, 0.1) is 6.92 Å². The van der Waals surface area contributed by atoms with Crippen LogP contribution >= 0.6 is 11.5 Å². The van der Waals surface area contributed by atoms with Gasteiger partial charge in [0, 0.05) is 5.38 Å². The fourth-order valence-electron chi connectivity index (χ4n) is 0.544. The first-order chi connectivity index (χ1) is 5.14. The van der Waals surface area contributed by atoms with Gasteiger partial charge in [0.05, 0.1) is 17.2 Å². The van der Waals surface area contributed by atoms with Crippen molar-refractivity contribution < 1.29 is 8.42 Å². The van der Waals surface area contributed by atoms with E-state index in [9.17, 15) is 8.42 Å². The van der Waals surface area contributed by atoms with Gasteiger partial charge >= 0.3 is 0 Å². The first-order valence-electron chi connectivity index (χ1n) is 2.89. The van der Waals surface area contributed by atoms with Crippen LogP contribution in [0.15, 0.2) is 5.38 Å². The number of rotatable bonds is 3. The molecule has 0 aliphatic heterocycles. The van der Waals surface area contributed by atoms with Gasteiger partial charge in [-0.25, -0.2) is 8.42 Å². The minimum atomic E-state index is -3.05. The second-order valence-electron chi connectivity index (χ2n) is 1.99. The summed E-state index contributed by atoms with van der Waals surface area (Å²) < 4.78 is 25.4. The molecule has 4 nitrogen and oxygen atoms in total. The van der Waals surface area contributed by atoms with Gasteiger partial charge in [0.15, 0.2) is 9.84 Å². The maximum Gasteiger partial charge on any atom is 0.156 e. The van der Waals surface area contributed by atoms with Gasteiger partial charge in [-0.3, -0.25) is 0 Å². The third-order valence-electron chi connectivity index (χ3n) is 1.08. The quantitative estimate of drug-likeness (QED) is 0.689. The van der Waals surface area contributed by atoms with Crippen LogP contribution in [-0.4, -0.2) is 23.8 Å². The van der Waals surface area contributed by atoms with E-state index in [1.807, 2.05) is 0 Å². The van der Waals surface area contributed by atoms with E-state index in [2.05, 4.69) is 16.5 Å². The highest BCUT2D eigenvalue weighted by Gasteiger charge is 2.10. The van der Waals surface area contributed by atoms with Crippen molar-refractivity contribution in [2.24, 2.45) is 0 Å². The topological polar surface area (TPSA) is 59.9 Å². The van der Waals surface area contributed by atoms with Crippen LogP contribution in [-0.2, 0) is 15.6 Å². The minimum Gasteiger partial charge on any atom is -0.228 e. The molecule has 0 aliphatic carbocycles. The molecule has 1 heterocycles. The van der Waals surface area contributed by atoms with Crippen LogP contribution in [0.4, 0.5) is 0 Å². The SMILES string of the molecule is [CH2]CS(=O)(=O)Cc1csnn1. The van der Waals surface area contributed by atoms with Crippen molar-refractivity contribution in [2.75, 3.05) is 5.75 Å². The summed E-state index contributed by atoms with van der Waals surface area (Å²) in [5, 5.41) is 5.23. The second-order valence-corrected chi connectivity index (χ2v) is 4.78. The predicted molar refractivity (Wildman–Crippen MR) is 42.8 cm³/mol. The third kappa shape index (κ3) is 2.55. The third-order valence-corrected chi connectivity index (χ3v) is 2.99. The lowest BCUT2D eigenvalue weighted by molar-refractivity contribution is 0.597. The van der Waals surface area contributed by atoms with E-state index < -0.39 is 9.84 Å². The van der Waals surface area contributed by atoms with Crippen LogP contribution in [0.1, 0.15) is 5.69 Å². The summed E-state index contributed by atoms with van der Waals surface area (Å²) in [6.45, 7) is 3.31. The number of aromatic nitrogens is 2. The molecule has 61 valence electrons. The Morgan fingerprint density at radius 2 is 2.36 bits per heavy atom. The fraction of sp³-hybridized carbons (Fsp3) is 0.400. The van der Waals surface area contributed by atoms with Crippen LogP contribution in [0.25, 0.3) is 0 Å². The zero-order valence-electron chi connectivity index (χ0n) is 5.73. The highest BCUT2D eigenvalue weighted by molar-refractivity contribution is 7.90. The lowest BCUT2D eigenvalue weighted by Crippen LogP contribution is -2.06. The number of sulfone groups is 1. The van der Waals surface area contributed by atoms with Crippen molar-refractivity contribution in [3.8, 4) is 0 Å². The molecule has 0 spiro atoms. The standard InChI is InChI=1S/C5H7N2O2S2/c1-2-11(8,9)4-5-3-10-7-6-5/h3H,1-2,4H2. The van der Waals surface area contributed by atoms with Crippen LogP contribution in [0.2, 0.25) is 0 Å². The van der Waals surface area contributed by atoms with Crippen molar-refractivity contribution in [2.45, 2.75) is 5.75 Å². The van der Waals surface area contributed by atoms with Gasteiger partial charge in [0.1, 0.15) is 0 Å². The summed E-state index contributed by atoms with van der Waals surface area (Å²) in [4.78, 5) is 0. The van der Waals surface area contributed by atoms with E-state index in [1.165, 1.54) is 0 Å². The van der Waals surface area contributed by atoms with E-state index in [1.54, 1.807) is 5.38 Å². The van der Waals surface area contributed by atoms with E-state index in [0.29, 0.717) is 5.69 Å². The van der Waals surface area contributed by atoms with Crippen molar-refractivity contribution >= 4 is 21.4 Å². The first-order valence-corrected chi connectivity index (χ1v) is 5.55. The Morgan fingerprint density at radius 3 is 2.82 bits per heavy atom. The molecule has 1 rings (SSSR count). The highest BCUT2D eigenvalue weighted by Crippen LogP contribution is 2.03. The van der Waals surface area contributed by atoms with Crippen LogP contribution < -0.4 is 0 Å². The minimum absolute atomic E-state index is 0.0486. The Bertz CT molecular complexity index is 303. The van der Waals surface area contributed by atoms with Crippen molar-refractivity contribution in [1.29, 1.82) is 0 Å². The molecule has 0 aliphatic rings. The lowest BCUT2D eigenvalue weighted by atomic mass is 10.6. The maximum absolute atomic E-state index is 10.9. The Balaban J connectivity index is 2.72. The normalized spacial score (nSPS) is 11.7. The molecule has 1 radical (unpaired) electrons. The molecular weight excluding hydrogens is 184 g/mol. The van der Waals surface area contributed by atoms with Gasteiger partial charge in [-0.15, -0.1) is 5.10 Å². The number of nitrogens with zero attached hydrogens (tertiary/aromatic N) is 2. The van der Waals surface area contributed by atoms with Gasteiger partial charge in [0.2, 0.25) is 0 Å². The average molecular weight is 191 g/mol. The molecule has 0 unspecified atom stereocenters. The summed E-state index contributed by atoms with van der Waals surface area (Å²) in [6.07, 6.45) is 0. The summed E-state index contributed by atoms with van der Waals surface area (Å²) >= 11 is 1.14. The molecule has 0 bridgehead atoms. The summed E-state index contributed by atoms with van der Waals surface area (Å²) in [5.74, 6) is -0.141. The molecular formula is C5H7N2O2S2. The van der Waals surface area contributed by atoms with E-state index in [4.69, 9.17) is 0 Å². The van der Waals surface area contributed by atoms with Crippen molar-refractivity contribution in [3.05, 3.63) is 18.0 Å². The Labute approximate surface area is 69.3 Å². The molecule has 0 atom stereocenters. The molecule has 0 saturated carbocycles. The van der Waals surface area contributed by atoms with Gasteiger partial charge in [0.25, 0.3) is 0 Å². The van der Waals surface area contributed by atoms with Gasteiger partial charge in [-0.1, -0.05) is 4.49 Å². The zero-order valence-corrected chi connectivity index (χ0v) is 7.36. The van der Waals surface area contributed by atoms with E-state index in [0.717, 1.165) is 11.5 Å². The molecule has 0 N–H and O–H groups in total. The van der Waals surface area contributed by atoms with Crippen LogP contribution in [0.5, 0.6) is 0 Å². The molecule has 0 amide bonds. The molecule has 0 saturated heterocycles. The molecule has 0 fully saturated rings. The van der Waals surface area contributed by atoms with E-state index >= 15 is 0 Å². The zero-order chi connectivity index (χ0) is 8.32. The highest BCUT2D eigenvalue weighted by atomic mass is 32.2. The Morgan fingerprint density at radius 1 is 1.64 bits per heavy atom. The van der Waals surface area contributed by atoms with Gasteiger partial charge in [-0.05, 0) is 18.5 Å². The molecule has 11 heavy (non-hydrogen) atoms. The lowest BCUT2D eigenvalue weighted by Gasteiger charge is -1.94. The first kappa shape index (κ1) is 8.61. The largest absolute Gasteiger partial charge is 0.228 e. The number of hydrogen-bond donors (Lipinski definition) is 0. The van der Waals surface area contributed by atoms with Crippen molar-refractivity contribution in [1.82, 2.24) is 9.59 Å². The van der Waals surface area contributed by atoms with Crippen LogP contribution in [0.3, 0.4) is 0 Å². The van der Waals surface area contributed by atoms with Gasteiger partial charge < -0.3 is 0 Å².